The highest BCUT2D eigenvalue weighted by molar-refractivity contribution is 5.99. The summed E-state index contributed by atoms with van der Waals surface area (Å²) < 4.78 is 17.9. The first-order valence-electron chi connectivity index (χ1n) is 13.8. The van der Waals surface area contributed by atoms with Crippen LogP contribution in [-0.4, -0.2) is 61.1 Å². The molecule has 6 rings (SSSR count). The zero-order valence-electron chi connectivity index (χ0n) is 23.2. The van der Waals surface area contributed by atoms with E-state index in [9.17, 15) is 19.2 Å². The van der Waals surface area contributed by atoms with Crippen LogP contribution in [0.15, 0.2) is 60.7 Å². The number of amides is 4. The first-order valence-corrected chi connectivity index (χ1v) is 13.8. The van der Waals surface area contributed by atoms with E-state index in [2.05, 4.69) is 16.0 Å². The second kappa shape index (κ2) is 10.8. The minimum absolute atomic E-state index is 0.233. The van der Waals surface area contributed by atoms with Crippen LogP contribution < -0.4 is 20.7 Å². The number of morpholine rings is 1. The summed E-state index contributed by atoms with van der Waals surface area (Å²) in [6, 6.07) is 16.5. The zero-order valence-corrected chi connectivity index (χ0v) is 23.2. The van der Waals surface area contributed by atoms with E-state index in [0.29, 0.717) is 71.4 Å². The van der Waals surface area contributed by atoms with Gasteiger partial charge < -0.3 is 35.1 Å². The summed E-state index contributed by atoms with van der Waals surface area (Å²) in [6.45, 7) is 5.25. The van der Waals surface area contributed by atoms with E-state index in [4.69, 9.17) is 14.2 Å². The van der Waals surface area contributed by atoms with E-state index >= 15 is 0 Å². The van der Waals surface area contributed by atoms with Crippen LogP contribution in [0.2, 0.25) is 0 Å². The number of carbonyl (C=O) groups is 4. The van der Waals surface area contributed by atoms with Gasteiger partial charge in [0.15, 0.2) is 5.60 Å². The number of rotatable bonds is 5. The van der Waals surface area contributed by atoms with Crippen molar-refractivity contribution in [2.45, 2.75) is 31.9 Å². The Morgan fingerprint density at radius 2 is 1.55 bits per heavy atom. The number of nitrogens with one attached hydrogen (secondary N) is 3. The molecule has 2 atom stereocenters. The van der Waals surface area contributed by atoms with Crippen molar-refractivity contribution in [3.05, 3.63) is 82.9 Å². The molecule has 0 radical (unpaired) electrons. The number of esters is 1. The number of carbonyl (C=O) groups excluding carboxylic acids is 4. The third-order valence-electron chi connectivity index (χ3n) is 7.62. The molecule has 1 spiro atoms. The van der Waals surface area contributed by atoms with Gasteiger partial charge in [-0.2, -0.15) is 0 Å². The summed E-state index contributed by atoms with van der Waals surface area (Å²) in [5, 5.41) is 8.37. The van der Waals surface area contributed by atoms with Gasteiger partial charge in [0, 0.05) is 59.7 Å². The van der Waals surface area contributed by atoms with Gasteiger partial charge in [0.05, 0.1) is 18.8 Å². The van der Waals surface area contributed by atoms with Crippen LogP contribution >= 0.6 is 0 Å². The SMILES string of the molecule is CCC(=O)NC(C)C(=O)Nc1ccc2c(c1)Oc1cc(NC(=O)N3CCOCC3)ccc1C21OC(=O)c2ccccc21. The monoisotopic (exact) mass is 570 g/mol. The standard InChI is InChI=1S/C31H30N4O7/c1-3-27(36)32-18(2)28(37)33-19-8-10-23-25(16-19)41-26-17-20(34-30(39)35-12-14-40-15-13-35)9-11-24(26)31(23)22-7-5-4-6-21(22)29(38)42-31/h4-11,16-18H,3,12-15H2,1-2H3,(H,32,36)(H,33,37)(H,34,39). The van der Waals surface area contributed by atoms with Crippen LogP contribution in [-0.2, 0) is 24.7 Å². The van der Waals surface area contributed by atoms with Crippen molar-refractivity contribution in [2.75, 3.05) is 36.9 Å². The molecule has 1 saturated heterocycles. The molecule has 3 aromatic carbocycles. The van der Waals surface area contributed by atoms with Gasteiger partial charge in [-0.1, -0.05) is 25.1 Å². The van der Waals surface area contributed by atoms with E-state index in [0.717, 1.165) is 0 Å². The lowest BCUT2D eigenvalue weighted by molar-refractivity contribution is -0.125. The topological polar surface area (TPSA) is 135 Å². The third-order valence-corrected chi connectivity index (χ3v) is 7.62. The van der Waals surface area contributed by atoms with Crippen molar-refractivity contribution in [3.63, 3.8) is 0 Å². The molecule has 3 aliphatic rings. The lowest BCUT2D eigenvalue weighted by Crippen LogP contribution is -2.43. The molecule has 0 bridgehead atoms. The fourth-order valence-electron chi connectivity index (χ4n) is 5.46. The molecule has 11 heteroatoms. The van der Waals surface area contributed by atoms with Crippen LogP contribution in [0.3, 0.4) is 0 Å². The smallest absolute Gasteiger partial charge is 0.340 e. The Labute approximate surface area is 242 Å². The number of hydrogen-bond acceptors (Lipinski definition) is 7. The van der Waals surface area contributed by atoms with Gasteiger partial charge in [-0.05, 0) is 37.3 Å². The highest BCUT2D eigenvalue weighted by Gasteiger charge is 2.53. The van der Waals surface area contributed by atoms with Crippen LogP contribution in [0.4, 0.5) is 16.2 Å². The fourth-order valence-corrected chi connectivity index (χ4v) is 5.46. The molecule has 2 unspecified atom stereocenters. The molecule has 216 valence electrons. The summed E-state index contributed by atoms with van der Waals surface area (Å²) >= 11 is 0. The lowest BCUT2D eigenvalue weighted by atomic mass is 9.77. The van der Waals surface area contributed by atoms with E-state index in [-0.39, 0.29) is 18.4 Å². The number of urea groups is 1. The zero-order chi connectivity index (χ0) is 29.4. The first-order chi connectivity index (χ1) is 20.3. The summed E-state index contributed by atoms with van der Waals surface area (Å²) in [5.41, 5.74) is 1.94. The van der Waals surface area contributed by atoms with Gasteiger partial charge in [-0.3, -0.25) is 9.59 Å². The normalized spacial score (nSPS) is 19.0. The van der Waals surface area contributed by atoms with E-state index in [1.54, 1.807) is 67.3 Å². The Morgan fingerprint density at radius 1 is 0.905 bits per heavy atom. The second-order valence-electron chi connectivity index (χ2n) is 10.3. The van der Waals surface area contributed by atoms with Gasteiger partial charge in [-0.15, -0.1) is 0 Å². The number of hydrogen-bond donors (Lipinski definition) is 3. The van der Waals surface area contributed by atoms with Crippen molar-refractivity contribution in [3.8, 4) is 11.5 Å². The molecule has 0 aliphatic carbocycles. The largest absolute Gasteiger partial charge is 0.456 e. The number of benzene rings is 3. The number of ether oxygens (including phenoxy) is 3. The Morgan fingerprint density at radius 3 is 2.21 bits per heavy atom. The minimum atomic E-state index is -1.30. The summed E-state index contributed by atoms with van der Waals surface area (Å²) in [5.74, 6) is -0.339. The van der Waals surface area contributed by atoms with E-state index < -0.39 is 23.5 Å². The maximum Gasteiger partial charge on any atom is 0.340 e. The maximum atomic E-state index is 13.1. The molecule has 1 fully saturated rings. The molecule has 0 aromatic heterocycles. The summed E-state index contributed by atoms with van der Waals surface area (Å²) in [6.07, 6.45) is 0.265. The average Bonchev–Trinajstić information content (AvgIpc) is 3.29. The number of anilines is 2. The predicted octanol–water partition coefficient (Wildman–Crippen LogP) is 3.97. The number of nitrogens with zero attached hydrogens (tertiary/aromatic N) is 1. The van der Waals surface area contributed by atoms with Crippen LogP contribution in [0.1, 0.15) is 47.3 Å². The molecule has 11 nitrogen and oxygen atoms in total. The Bertz CT molecular complexity index is 1600. The van der Waals surface area contributed by atoms with Gasteiger partial charge >= 0.3 is 12.0 Å². The molecular weight excluding hydrogens is 540 g/mol. The van der Waals surface area contributed by atoms with Crippen LogP contribution in [0, 0.1) is 0 Å². The van der Waals surface area contributed by atoms with Crippen LogP contribution in [0.5, 0.6) is 11.5 Å². The highest BCUT2D eigenvalue weighted by atomic mass is 16.6. The molecule has 42 heavy (non-hydrogen) atoms. The summed E-state index contributed by atoms with van der Waals surface area (Å²) in [4.78, 5) is 52.2. The van der Waals surface area contributed by atoms with Crippen molar-refractivity contribution in [2.24, 2.45) is 0 Å². The van der Waals surface area contributed by atoms with E-state index in [1.165, 1.54) is 0 Å². The van der Waals surface area contributed by atoms with Gasteiger partial charge in [0.2, 0.25) is 11.8 Å². The van der Waals surface area contributed by atoms with Gasteiger partial charge in [0.1, 0.15) is 17.5 Å². The van der Waals surface area contributed by atoms with Crippen molar-refractivity contribution in [1.82, 2.24) is 10.2 Å². The Hall–Kier alpha value is -4.90. The fraction of sp³-hybridized carbons (Fsp3) is 0.290. The lowest BCUT2D eigenvalue weighted by Gasteiger charge is -2.37. The Kier molecular flexibility index (Phi) is 7.03. The quantitative estimate of drug-likeness (QED) is 0.395. The van der Waals surface area contributed by atoms with Gasteiger partial charge in [0.25, 0.3) is 0 Å². The molecule has 3 N–H and O–H groups in total. The van der Waals surface area contributed by atoms with Gasteiger partial charge in [-0.25, -0.2) is 9.59 Å². The molecule has 4 amide bonds. The Balaban J connectivity index is 1.37. The minimum Gasteiger partial charge on any atom is -0.456 e. The first kappa shape index (κ1) is 27.3. The van der Waals surface area contributed by atoms with Crippen molar-refractivity contribution >= 4 is 35.2 Å². The average molecular weight is 571 g/mol. The van der Waals surface area contributed by atoms with Crippen molar-refractivity contribution in [1.29, 1.82) is 0 Å². The van der Waals surface area contributed by atoms with Crippen LogP contribution in [0.25, 0.3) is 0 Å². The predicted molar refractivity (Wildman–Crippen MR) is 153 cm³/mol. The molecule has 0 saturated carbocycles. The maximum absolute atomic E-state index is 13.1. The number of fused-ring (bicyclic) bond motifs is 6. The highest BCUT2D eigenvalue weighted by Crippen LogP contribution is 2.56. The second-order valence-corrected chi connectivity index (χ2v) is 10.3. The van der Waals surface area contributed by atoms with Crippen molar-refractivity contribution < 1.29 is 33.4 Å². The van der Waals surface area contributed by atoms with E-state index in [1.807, 2.05) is 12.1 Å². The molecule has 3 heterocycles. The molecular formula is C31H30N4O7. The molecule has 3 aliphatic heterocycles. The molecule has 3 aromatic rings. The summed E-state index contributed by atoms with van der Waals surface area (Å²) in [7, 11) is 0. The third kappa shape index (κ3) is 4.71.